The summed E-state index contributed by atoms with van der Waals surface area (Å²) in [5.41, 5.74) is 0.713. The van der Waals surface area contributed by atoms with Crippen molar-refractivity contribution in [1.29, 1.82) is 0 Å². The van der Waals surface area contributed by atoms with Gasteiger partial charge in [-0.05, 0) is 62.4 Å². The molecule has 1 aromatic carbocycles. The molecule has 1 N–H and O–H groups in total. The van der Waals surface area contributed by atoms with Crippen molar-refractivity contribution in [3.8, 4) is 0 Å². The highest BCUT2D eigenvalue weighted by Crippen LogP contribution is 2.29. The number of carbonyl (C=O) groups excluding carboxylic acids is 2. The minimum Gasteiger partial charge on any atom is -0.339 e. The number of benzene rings is 1. The Kier molecular flexibility index (Phi) is 5.82. The summed E-state index contributed by atoms with van der Waals surface area (Å²) in [4.78, 5) is 28.3. The number of rotatable bonds is 2. The van der Waals surface area contributed by atoms with E-state index >= 15 is 0 Å². The molecule has 26 heavy (non-hydrogen) atoms. The van der Waals surface area contributed by atoms with Crippen molar-refractivity contribution in [2.24, 2.45) is 11.8 Å². The van der Waals surface area contributed by atoms with Gasteiger partial charge in [0.2, 0.25) is 5.91 Å². The van der Waals surface area contributed by atoms with Gasteiger partial charge in [0, 0.05) is 31.7 Å². The maximum absolute atomic E-state index is 14.3. The van der Waals surface area contributed by atoms with Crippen LogP contribution in [0.5, 0.6) is 0 Å². The normalized spacial score (nSPS) is 25.7. The lowest BCUT2D eigenvalue weighted by atomic mass is 9.92. The first kappa shape index (κ1) is 19.1. The van der Waals surface area contributed by atoms with E-state index in [2.05, 4.69) is 5.32 Å². The summed E-state index contributed by atoms with van der Waals surface area (Å²) >= 11 is 0. The van der Waals surface area contributed by atoms with Crippen molar-refractivity contribution in [1.82, 2.24) is 10.2 Å². The summed E-state index contributed by atoms with van der Waals surface area (Å²) in [6.07, 6.45) is 3.26. The van der Waals surface area contributed by atoms with Crippen LogP contribution in [0.4, 0.5) is 10.1 Å². The third-order valence-electron chi connectivity index (χ3n) is 5.87. The first-order valence-electron chi connectivity index (χ1n) is 9.23. The van der Waals surface area contributed by atoms with Crippen LogP contribution in [0.3, 0.4) is 0 Å². The summed E-state index contributed by atoms with van der Waals surface area (Å²) in [6, 6.07) is 4.45. The molecule has 0 aromatic heterocycles. The van der Waals surface area contributed by atoms with E-state index in [1.54, 1.807) is 21.9 Å². The molecule has 3 aliphatic rings. The second-order valence-electron chi connectivity index (χ2n) is 7.36. The highest BCUT2D eigenvalue weighted by atomic mass is 35.5. The van der Waals surface area contributed by atoms with Gasteiger partial charge in [0.25, 0.3) is 5.91 Å². The Hall–Kier alpha value is -1.66. The molecule has 3 fully saturated rings. The fraction of sp³-hybridized carbons (Fsp3) is 0.579. The predicted octanol–water partition coefficient (Wildman–Crippen LogP) is 2.45. The average Bonchev–Trinajstić information content (AvgIpc) is 3.19. The van der Waals surface area contributed by atoms with Gasteiger partial charge in [-0.15, -0.1) is 12.4 Å². The topological polar surface area (TPSA) is 52.7 Å². The zero-order valence-corrected chi connectivity index (χ0v) is 15.6. The molecule has 142 valence electrons. The number of hydrogen-bond acceptors (Lipinski definition) is 3. The van der Waals surface area contributed by atoms with Crippen molar-refractivity contribution < 1.29 is 14.0 Å². The van der Waals surface area contributed by atoms with E-state index in [4.69, 9.17) is 0 Å². The molecule has 7 heteroatoms. The van der Waals surface area contributed by atoms with E-state index in [1.807, 2.05) is 0 Å². The standard InChI is InChI=1S/C19H24FN3O2.ClH/c20-17-4-3-15(23-7-1-2-18(23)24)10-16(17)19(25)22-8-5-13-11-21-12-14(13)6-9-22;/h3-4,10,13-14,21H,1-2,5-9,11-12H2;1H/t13-,14+;. The van der Waals surface area contributed by atoms with Gasteiger partial charge < -0.3 is 15.1 Å². The van der Waals surface area contributed by atoms with Crippen molar-refractivity contribution in [3.63, 3.8) is 0 Å². The van der Waals surface area contributed by atoms with Crippen LogP contribution in [0.15, 0.2) is 18.2 Å². The van der Waals surface area contributed by atoms with Gasteiger partial charge in [0.05, 0.1) is 5.56 Å². The van der Waals surface area contributed by atoms with Crippen LogP contribution >= 0.6 is 12.4 Å². The zero-order chi connectivity index (χ0) is 17.4. The highest BCUT2D eigenvalue weighted by molar-refractivity contribution is 5.99. The molecule has 0 unspecified atom stereocenters. The Bertz CT molecular complexity index is 685. The molecule has 0 spiro atoms. The van der Waals surface area contributed by atoms with Crippen LogP contribution in [0.1, 0.15) is 36.0 Å². The molecule has 2 amide bonds. The van der Waals surface area contributed by atoms with E-state index in [-0.39, 0.29) is 29.8 Å². The summed E-state index contributed by atoms with van der Waals surface area (Å²) in [5, 5.41) is 3.42. The second kappa shape index (κ2) is 7.92. The number of hydrogen-bond donors (Lipinski definition) is 1. The van der Waals surface area contributed by atoms with Gasteiger partial charge in [0.15, 0.2) is 0 Å². The monoisotopic (exact) mass is 381 g/mol. The van der Waals surface area contributed by atoms with E-state index in [0.717, 1.165) is 32.4 Å². The number of halogens is 2. The van der Waals surface area contributed by atoms with Crippen LogP contribution in [0.2, 0.25) is 0 Å². The number of nitrogens with zero attached hydrogens (tertiary/aromatic N) is 2. The molecule has 0 aliphatic carbocycles. The molecule has 3 aliphatic heterocycles. The first-order valence-corrected chi connectivity index (χ1v) is 9.23. The van der Waals surface area contributed by atoms with Crippen LogP contribution in [-0.2, 0) is 4.79 Å². The Morgan fingerprint density at radius 3 is 2.42 bits per heavy atom. The van der Waals surface area contributed by atoms with Crippen LogP contribution in [-0.4, -0.2) is 49.4 Å². The third-order valence-corrected chi connectivity index (χ3v) is 5.87. The first-order chi connectivity index (χ1) is 12.1. The minimum absolute atomic E-state index is 0. The fourth-order valence-electron chi connectivity index (χ4n) is 4.36. The van der Waals surface area contributed by atoms with Crippen LogP contribution in [0.25, 0.3) is 0 Å². The second-order valence-corrected chi connectivity index (χ2v) is 7.36. The number of carbonyl (C=O) groups is 2. The molecule has 1 aromatic rings. The Morgan fingerprint density at radius 1 is 1.12 bits per heavy atom. The number of nitrogens with one attached hydrogen (secondary N) is 1. The molecule has 4 rings (SSSR count). The molecule has 5 nitrogen and oxygen atoms in total. The minimum atomic E-state index is -0.508. The quantitative estimate of drug-likeness (QED) is 0.856. The molecular formula is C19H25ClFN3O2. The highest BCUT2D eigenvalue weighted by Gasteiger charge is 2.32. The largest absolute Gasteiger partial charge is 0.339 e. The van der Waals surface area contributed by atoms with Crippen molar-refractivity contribution in [3.05, 3.63) is 29.6 Å². The van der Waals surface area contributed by atoms with Crippen molar-refractivity contribution >= 4 is 29.9 Å². The van der Waals surface area contributed by atoms with E-state index in [0.29, 0.717) is 43.6 Å². The van der Waals surface area contributed by atoms with E-state index < -0.39 is 5.82 Å². The number of fused-ring (bicyclic) bond motifs is 1. The van der Waals surface area contributed by atoms with Gasteiger partial charge in [-0.3, -0.25) is 9.59 Å². The third kappa shape index (κ3) is 3.58. The SMILES string of the molecule is Cl.O=C(c1cc(N2CCCC2=O)ccc1F)N1CC[C@@H]2CNC[C@@H]2CC1. The van der Waals surface area contributed by atoms with E-state index in [9.17, 15) is 14.0 Å². The molecule has 0 saturated carbocycles. The van der Waals surface area contributed by atoms with Gasteiger partial charge >= 0.3 is 0 Å². The predicted molar refractivity (Wildman–Crippen MR) is 100 cm³/mol. The molecular weight excluding hydrogens is 357 g/mol. The van der Waals surface area contributed by atoms with Crippen molar-refractivity contribution in [2.45, 2.75) is 25.7 Å². The lowest BCUT2D eigenvalue weighted by Gasteiger charge is -2.23. The smallest absolute Gasteiger partial charge is 0.256 e. The number of likely N-dealkylation sites (tertiary alicyclic amines) is 1. The Morgan fingerprint density at radius 2 is 1.81 bits per heavy atom. The molecule has 0 radical (unpaired) electrons. The Labute approximate surface area is 159 Å². The van der Waals surface area contributed by atoms with Gasteiger partial charge in [-0.1, -0.05) is 0 Å². The summed E-state index contributed by atoms with van der Waals surface area (Å²) in [7, 11) is 0. The zero-order valence-electron chi connectivity index (χ0n) is 14.7. The van der Waals surface area contributed by atoms with Crippen molar-refractivity contribution in [2.75, 3.05) is 37.6 Å². The van der Waals surface area contributed by atoms with Gasteiger partial charge in [0.1, 0.15) is 5.82 Å². The van der Waals surface area contributed by atoms with Crippen LogP contribution < -0.4 is 10.2 Å². The average molecular weight is 382 g/mol. The van der Waals surface area contributed by atoms with Gasteiger partial charge in [-0.25, -0.2) is 4.39 Å². The van der Waals surface area contributed by atoms with Crippen LogP contribution in [0, 0.1) is 17.7 Å². The summed E-state index contributed by atoms with van der Waals surface area (Å²) in [5.74, 6) is 0.526. The van der Waals surface area contributed by atoms with E-state index in [1.165, 1.54) is 6.07 Å². The maximum Gasteiger partial charge on any atom is 0.256 e. The molecule has 3 saturated heterocycles. The lowest BCUT2D eigenvalue weighted by molar-refractivity contribution is -0.117. The maximum atomic E-state index is 14.3. The lowest BCUT2D eigenvalue weighted by Crippen LogP contribution is -2.33. The number of amides is 2. The molecule has 2 atom stereocenters. The molecule has 3 heterocycles. The molecule has 0 bridgehead atoms. The summed E-state index contributed by atoms with van der Waals surface area (Å²) in [6.45, 7) is 4.03. The fourth-order valence-corrected chi connectivity index (χ4v) is 4.36. The summed E-state index contributed by atoms with van der Waals surface area (Å²) < 4.78 is 14.3. The van der Waals surface area contributed by atoms with Gasteiger partial charge in [-0.2, -0.15) is 0 Å². The number of anilines is 1. The Balaban J connectivity index is 0.00000196.